The van der Waals surface area contributed by atoms with E-state index in [4.69, 9.17) is 9.16 Å². The second kappa shape index (κ2) is 7.40. The van der Waals surface area contributed by atoms with E-state index in [1.165, 1.54) is 0 Å². The average Bonchev–Trinajstić information content (AvgIpc) is 2.19. The smallest absolute Gasteiger partial charge is 0.333 e. The maximum absolute atomic E-state index is 11.2. The van der Waals surface area contributed by atoms with Crippen LogP contribution >= 0.6 is 0 Å². The molecule has 0 aliphatic rings. The van der Waals surface area contributed by atoms with Gasteiger partial charge in [-0.05, 0) is 46.8 Å². The van der Waals surface area contributed by atoms with Crippen molar-refractivity contribution < 1.29 is 14.0 Å². The van der Waals surface area contributed by atoms with E-state index in [9.17, 15) is 4.79 Å². The van der Waals surface area contributed by atoms with Crippen LogP contribution in [0.15, 0.2) is 12.2 Å². The summed E-state index contributed by atoms with van der Waals surface area (Å²) in [6.07, 6.45) is 0.922. The van der Waals surface area contributed by atoms with Crippen LogP contribution in [0, 0.1) is 0 Å². The SMILES string of the molecule is C=C(C)C(=O)OCCC[SiH](C)C(C)(C)O[Si](C)(C)C. The van der Waals surface area contributed by atoms with Crippen LogP contribution in [-0.2, 0) is 14.0 Å². The number of ether oxygens (including phenoxy) is 1. The first-order valence-corrected chi connectivity index (χ1v) is 12.9. The molecule has 0 aliphatic heterocycles. The fourth-order valence-corrected chi connectivity index (χ4v) is 6.83. The third-order valence-electron chi connectivity index (χ3n) is 3.12. The Hall–Kier alpha value is -0.396. The van der Waals surface area contributed by atoms with Gasteiger partial charge in [-0.25, -0.2) is 4.79 Å². The number of rotatable bonds is 8. The average molecular weight is 303 g/mol. The lowest BCUT2D eigenvalue weighted by Gasteiger charge is -2.37. The van der Waals surface area contributed by atoms with Crippen molar-refractivity contribution in [3.8, 4) is 0 Å². The zero-order valence-corrected chi connectivity index (χ0v) is 15.8. The number of hydrogen-bond donors (Lipinski definition) is 0. The van der Waals surface area contributed by atoms with Crippen LogP contribution < -0.4 is 0 Å². The minimum atomic E-state index is -1.50. The maximum Gasteiger partial charge on any atom is 0.333 e. The summed E-state index contributed by atoms with van der Waals surface area (Å²) in [6.45, 7) is 19.2. The molecular weight excluding hydrogens is 272 g/mol. The summed E-state index contributed by atoms with van der Waals surface area (Å²) in [5.41, 5.74) is 0.465. The van der Waals surface area contributed by atoms with E-state index in [1.807, 2.05) is 0 Å². The molecular formula is C14H30O3Si2. The fourth-order valence-electron chi connectivity index (χ4n) is 1.91. The molecule has 0 aliphatic carbocycles. The van der Waals surface area contributed by atoms with E-state index in [-0.39, 0.29) is 11.2 Å². The third-order valence-corrected chi connectivity index (χ3v) is 8.26. The molecule has 0 heterocycles. The van der Waals surface area contributed by atoms with Crippen molar-refractivity contribution in [3.05, 3.63) is 12.2 Å². The minimum absolute atomic E-state index is 0.0167. The molecule has 1 unspecified atom stereocenters. The summed E-state index contributed by atoms with van der Waals surface area (Å²) < 4.78 is 11.4. The number of carbonyl (C=O) groups excluding carboxylic acids is 1. The van der Waals surface area contributed by atoms with Crippen molar-refractivity contribution in [1.82, 2.24) is 0 Å². The molecule has 0 aromatic rings. The quantitative estimate of drug-likeness (QED) is 0.298. The second-order valence-corrected chi connectivity index (χ2v) is 15.0. The Bertz CT molecular complexity index is 319. The van der Waals surface area contributed by atoms with E-state index in [0.717, 1.165) is 12.5 Å². The Labute approximate surface area is 121 Å². The van der Waals surface area contributed by atoms with E-state index in [1.54, 1.807) is 6.92 Å². The van der Waals surface area contributed by atoms with Crippen LogP contribution in [0.2, 0.25) is 32.2 Å². The predicted octanol–water partition coefficient (Wildman–Crippen LogP) is 3.52. The molecule has 112 valence electrons. The highest BCUT2D eigenvalue weighted by atomic mass is 28.4. The van der Waals surface area contributed by atoms with Crippen LogP contribution in [0.25, 0.3) is 0 Å². The van der Waals surface area contributed by atoms with E-state index in [2.05, 4.69) is 46.6 Å². The van der Waals surface area contributed by atoms with Crippen LogP contribution in [0.5, 0.6) is 0 Å². The Balaban J connectivity index is 4.07. The lowest BCUT2D eigenvalue weighted by atomic mass is 10.4. The molecule has 19 heavy (non-hydrogen) atoms. The van der Waals surface area contributed by atoms with Crippen LogP contribution in [0.4, 0.5) is 0 Å². The monoisotopic (exact) mass is 302 g/mol. The van der Waals surface area contributed by atoms with E-state index in [0.29, 0.717) is 12.2 Å². The topological polar surface area (TPSA) is 35.5 Å². The molecule has 0 radical (unpaired) electrons. The molecule has 0 saturated carbocycles. The predicted molar refractivity (Wildman–Crippen MR) is 86.7 cm³/mol. The van der Waals surface area contributed by atoms with Gasteiger partial charge in [0.2, 0.25) is 0 Å². The van der Waals surface area contributed by atoms with Crippen molar-refractivity contribution >= 4 is 23.1 Å². The molecule has 1 atom stereocenters. The van der Waals surface area contributed by atoms with Gasteiger partial charge >= 0.3 is 5.97 Å². The van der Waals surface area contributed by atoms with E-state index >= 15 is 0 Å². The van der Waals surface area contributed by atoms with Crippen LogP contribution in [0.3, 0.4) is 0 Å². The highest BCUT2D eigenvalue weighted by Crippen LogP contribution is 2.23. The van der Waals surface area contributed by atoms with Crippen molar-refractivity contribution in [2.24, 2.45) is 0 Å². The zero-order chi connectivity index (χ0) is 15.3. The van der Waals surface area contributed by atoms with Crippen molar-refractivity contribution in [2.75, 3.05) is 6.61 Å². The fraction of sp³-hybridized carbons (Fsp3) is 0.786. The summed E-state index contributed by atoms with van der Waals surface area (Å²) in [5.74, 6) is -0.285. The standard InChI is InChI=1S/C14H30O3Si2/c1-12(2)13(15)16-10-9-11-18(5)14(3,4)17-19(6,7)8/h18H,1,9-11H2,2-8H3. The van der Waals surface area contributed by atoms with Crippen molar-refractivity contribution in [1.29, 1.82) is 0 Å². The largest absolute Gasteiger partial charge is 0.462 e. The lowest BCUT2D eigenvalue weighted by Crippen LogP contribution is -2.47. The zero-order valence-electron chi connectivity index (χ0n) is 13.6. The highest BCUT2D eigenvalue weighted by molar-refractivity contribution is 6.71. The van der Waals surface area contributed by atoms with Gasteiger partial charge in [-0.3, -0.25) is 0 Å². The first kappa shape index (κ1) is 18.6. The third kappa shape index (κ3) is 8.39. The lowest BCUT2D eigenvalue weighted by molar-refractivity contribution is -0.138. The molecule has 0 saturated heterocycles. The first-order chi connectivity index (χ1) is 8.46. The van der Waals surface area contributed by atoms with Gasteiger partial charge < -0.3 is 9.16 Å². The molecule has 3 nitrogen and oxygen atoms in total. The summed E-state index contributed by atoms with van der Waals surface area (Å²) in [4.78, 5) is 11.2. The van der Waals surface area contributed by atoms with Crippen LogP contribution in [0.1, 0.15) is 27.2 Å². The minimum Gasteiger partial charge on any atom is -0.462 e. The summed E-state index contributed by atoms with van der Waals surface area (Å²) >= 11 is 0. The molecule has 0 rings (SSSR count). The van der Waals surface area contributed by atoms with Gasteiger partial charge in [0.1, 0.15) is 0 Å². The second-order valence-electron chi connectivity index (χ2n) is 6.78. The van der Waals surface area contributed by atoms with Gasteiger partial charge in [-0.2, -0.15) is 0 Å². The van der Waals surface area contributed by atoms with Crippen molar-refractivity contribution in [2.45, 2.75) is 64.6 Å². The summed E-state index contributed by atoms with van der Waals surface area (Å²) in [5, 5.41) is 0.0167. The molecule has 5 heteroatoms. The molecule has 0 bridgehead atoms. The normalized spacial score (nSPS) is 14.1. The van der Waals surface area contributed by atoms with Gasteiger partial charge in [-0.1, -0.05) is 19.2 Å². The van der Waals surface area contributed by atoms with Crippen molar-refractivity contribution in [3.63, 3.8) is 0 Å². The van der Waals surface area contributed by atoms with Gasteiger partial charge in [0.25, 0.3) is 0 Å². The van der Waals surface area contributed by atoms with E-state index < -0.39 is 17.1 Å². The molecule has 0 spiro atoms. The maximum atomic E-state index is 11.2. The highest BCUT2D eigenvalue weighted by Gasteiger charge is 2.32. The number of esters is 1. The van der Waals surface area contributed by atoms with Gasteiger partial charge in [0.05, 0.1) is 15.4 Å². The number of carbonyl (C=O) groups is 1. The molecule has 0 N–H and O–H groups in total. The molecule has 0 fully saturated rings. The molecule has 0 amide bonds. The molecule has 0 aromatic heterocycles. The van der Waals surface area contributed by atoms with Crippen LogP contribution in [-0.4, -0.2) is 34.9 Å². The molecule has 0 aromatic carbocycles. The first-order valence-electron chi connectivity index (χ1n) is 6.98. The Kier molecular flexibility index (Phi) is 7.25. The Morgan fingerprint density at radius 3 is 2.26 bits per heavy atom. The van der Waals surface area contributed by atoms with Gasteiger partial charge in [0.15, 0.2) is 8.32 Å². The summed E-state index contributed by atoms with van der Waals surface area (Å²) in [6, 6.07) is 1.13. The Morgan fingerprint density at radius 2 is 1.84 bits per heavy atom. The Morgan fingerprint density at radius 1 is 1.32 bits per heavy atom. The number of hydrogen-bond acceptors (Lipinski definition) is 3. The van der Waals surface area contributed by atoms with Gasteiger partial charge in [-0.15, -0.1) is 0 Å². The summed E-state index contributed by atoms with van der Waals surface area (Å²) in [7, 11) is -2.50. The van der Waals surface area contributed by atoms with Gasteiger partial charge in [0, 0.05) is 10.8 Å².